The van der Waals surface area contributed by atoms with Crippen LogP contribution in [0.3, 0.4) is 0 Å². The third-order valence-corrected chi connectivity index (χ3v) is 4.98. The van der Waals surface area contributed by atoms with Crippen molar-refractivity contribution in [2.45, 2.75) is 38.9 Å². The van der Waals surface area contributed by atoms with Crippen molar-refractivity contribution in [2.75, 3.05) is 14.2 Å². The number of hydrogen-bond acceptors (Lipinski definition) is 5. The van der Waals surface area contributed by atoms with Crippen molar-refractivity contribution in [1.29, 1.82) is 0 Å². The van der Waals surface area contributed by atoms with E-state index in [1.807, 2.05) is 45.9 Å². The third kappa shape index (κ3) is 3.29. The van der Waals surface area contributed by atoms with Crippen LogP contribution in [0.4, 0.5) is 4.39 Å². The fraction of sp³-hybridized carbons (Fsp3) is 0.421. The average Bonchev–Trinajstić information content (AvgIpc) is 2.81. The Kier molecular flexibility index (Phi) is 4.71. The maximum atomic E-state index is 14.8. The predicted octanol–water partition coefficient (Wildman–Crippen LogP) is 4.19. The Hall–Kier alpha value is -2.12. The molecule has 0 radical (unpaired) electrons. The molecule has 7 heteroatoms. The smallest absolute Gasteiger partial charge is 0.497 e. The summed E-state index contributed by atoms with van der Waals surface area (Å²) in [5.41, 5.74) is -0.528. The lowest BCUT2D eigenvalue weighted by atomic mass is 9.87. The summed E-state index contributed by atoms with van der Waals surface area (Å²) in [6, 6.07) is 7.31. The highest BCUT2D eigenvalue weighted by atomic mass is 19.1. The molecule has 1 fully saturated rings. The number of nitrogens with zero attached hydrogens (tertiary/aromatic N) is 1. The number of hydrogen-bond donors (Lipinski definition) is 0. The first-order valence-corrected chi connectivity index (χ1v) is 8.42. The Morgan fingerprint density at radius 1 is 1.08 bits per heavy atom. The molecule has 0 spiro atoms. The van der Waals surface area contributed by atoms with Crippen LogP contribution >= 0.6 is 0 Å². The zero-order valence-corrected chi connectivity index (χ0v) is 15.9. The molecule has 138 valence electrons. The number of benzene rings is 1. The second-order valence-electron chi connectivity index (χ2n) is 7.26. The first kappa shape index (κ1) is 18.7. The molecule has 1 aliphatic heterocycles. The zero-order chi connectivity index (χ0) is 19.1. The van der Waals surface area contributed by atoms with E-state index in [0.29, 0.717) is 22.7 Å². The number of ether oxygens (including phenoxy) is 2. The van der Waals surface area contributed by atoms with Crippen LogP contribution < -0.4 is 9.47 Å². The first-order valence-electron chi connectivity index (χ1n) is 8.42. The molecule has 0 N–H and O–H groups in total. The summed E-state index contributed by atoms with van der Waals surface area (Å²) in [6.07, 6.45) is 1.34. The standard InChI is InChI=1S/C19H23BFNO4/c1-18(2)19(3,4)26-20(25-18)16(21)10-13-9-12-7-8-14(23-5)11-15(12)22-17(13)24-6/h7-11H,1-6H3. The van der Waals surface area contributed by atoms with Crippen molar-refractivity contribution < 1.29 is 23.2 Å². The SMILES string of the molecule is COc1ccc2cc(C=C(F)B3OC(C)(C)C(C)(C)O3)c(OC)nc2c1. The summed E-state index contributed by atoms with van der Waals surface area (Å²) in [7, 11) is 2.03. The Balaban J connectivity index is 1.98. The minimum absolute atomic E-state index is 0.317. The lowest BCUT2D eigenvalue weighted by Crippen LogP contribution is -2.41. The summed E-state index contributed by atoms with van der Waals surface area (Å²) in [4.78, 5) is 4.44. The third-order valence-electron chi connectivity index (χ3n) is 4.98. The molecule has 0 aliphatic carbocycles. The monoisotopic (exact) mass is 359 g/mol. The van der Waals surface area contributed by atoms with Crippen LogP contribution in [0.5, 0.6) is 11.6 Å². The van der Waals surface area contributed by atoms with Crippen molar-refractivity contribution in [3.05, 3.63) is 35.6 Å². The summed E-state index contributed by atoms with van der Waals surface area (Å²) in [5, 5.41) is 0.847. The molecule has 0 saturated carbocycles. The molecule has 0 bridgehead atoms. The minimum Gasteiger partial charge on any atom is -0.497 e. The maximum Gasteiger partial charge on any atom is 0.525 e. The number of halogens is 1. The van der Waals surface area contributed by atoms with E-state index in [0.717, 1.165) is 5.39 Å². The fourth-order valence-corrected chi connectivity index (χ4v) is 2.71. The van der Waals surface area contributed by atoms with Crippen molar-refractivity contribution in [3.63, 3.8) is 0 Å². The molecule has 0 unspecified atom stereocenters. The van der Waals surface area contributed by atoms with Gasteiger partial charge in [-0.3, -0.25) is 0 Å². The van der Waals surface area contributed by atoms with E-state index >= 15 is 0 Å². The Labute approximate surface area is 153 Å². The second kappa shape index (κ2) is 6.56. The molecule has 1 aromatic heterocycles. The lowest BCUT2D eigenvalue weighted by molar-refractivity contribution is 0.00578. The molecule has 2 heterocycles. The topological polar surface area (TPSA) is 49.8 Å². The van der Waals surface area contributed by atoms with Gasteiger partial charge in [-0.15, -0.1) is 0 Å². The maximum absolute atomic E-state index is 14.8. The van der Waals surface area contributed by atoms with Gasteiger partial charge >= 0.3 is 7.12 Å². The van der Waals surface area contributed by atoms with Gasteiger partial charge in [-0.2, -0.15) is 0 Å². The highest BCUT2D eigenvalue weighted by Crippen LogP contribution is 2.39. The number of aromatic nitrogens is 1. The molecule has 3 rings (SSSR count). The van der Waals surface area contributed by atoms with Crippen molar-refractivity contribution in [2.24, 2.45) is 0 Å². The van der Waals surface area contributed by atoms with E-state index in [2.05, 4.69) is 4.98 Å². The van der Waals surface area contributed by atoms with Gasteiger partial charge in [-0.05, 0) is 52.0 Å². The van der Waals surface area contributed by atoms with Crippen LogP contribution in [-0.4, -0.2) is 37.5 Å². The molecule has 26 heavy (non-hydrogen) atoms. The molecule has 1 aliphatic rings. The van der Waals surface area contributed by atoms with Crippen molar-refractivity contribution in [1.82, 2.24) is 4.98 Å². The summed E-state index contributed by atoms with van der Waals surface area (Å²) >= 11 is 0. The lowest BCUT2D eigenvalue weighted by Gasteiger charge is -2.32. The van der Waals surface area contributed by atoms with Crippen molar-refractivity contribution >= 4 is 24.1 Å². The number of pyridine rings is 1. The normalized spacial score (nSPS) is 19.0. The van der Waals surface area contributed by atoms with Crippen LogP contribution in [0.15, 0.2) is 30.0 Å². The van der Waals surface area contributed by atoms with Gasteiger partial charge in [0, 0.05) is 17.0 Å². The van der Waals surface area contributed by atoms with Crippen LogP contribution in [0, 0.1) is 0 Å². The largest absolute Gasteiger partial charge is 0.525 e. The van der Waals surface area contributed by atoms with Gasteiger partial charge in [0.05, 0.1) is 30.9 Å². The van der Waals surface area contributed by atoms with E-state index in [1.165, 1.54) is 13.2 Å². The Morgan fingerprint density at radius 3 is 2.31 bits per heavy atom. The molecule has 1 saturated heterocycles. The van der Waals surface area contributed by atoms with Gasteiger partial charge in [0.15, 0.2) is 0 Å². The van der Waals surface area contributed by atoms with E-state index in [4.69, 9.17) is 18.8 Å². The van der Waals surface area contributed by atoms with Gasteiger partial charge in [0.25, 0.3) is 0 Å². The first-order chi connectivity index (χ1) is 12.2. The Morgan fingerprint density at radius 2 is 1.73 bits per heavy atom. The van der Waals surface area contributed by atoms with Gasteiger partial charge in [-0.25, -0.2) is 9.37 Å². The van der Waals surface area contributed by atoms with Gasteiger partial charge in [0.2, 0.25) is 5.88 Å². The van der Waals surface area contributed by atoms with Crippen LogP contribution in [-0.2, 0) is 9.31 Å². The van der Waals surface area contributed by atoms with E-state index in [9.17, 15) is 4.39 Å². The summed E-state index contributed by atoms with van der Waals surface area (Å²) < 4.78 is 36.9. The molecule has 1 aromatic carbocycles. The van der Waals surface area contributed by atoms with E-state index in [1.54, 1.807) is 13.2 Å². The molecular formula is C19H23BFNO4. The molecule has 2 aromatic rings. The zero-order valence-electron chi connectivity index (χ0n) is 15.9. The Bertz CT molecular complexity index is 850. The second-order valence-corrected chi connectivity index (χ2v) is 7.26. The van der Waals surface area contributed by atoms with Gasteiger partial charge < -0.3 is 18.8 Å². The number of methoxy groups -OCH3 is 2. The van der Waals surface area contributed by atoms with Gasteiger partial charge in [-0.1, -0.05) is 0 Å². The predicted molar refractivity (Wildman–Crippen MR) is 100 cm³/mol. The van der Waals surface area contributed by atoms with Gasteiger partial charge in [0.1, 0.15) is 11.5 Å². The van der Waals surface area contributed by atoms with Crippen molar-refractivity contribution in [3.8, 4) is 11.6 Å². The highest BCUT2D eigenvalue weighted by Gasteiger charge is 2.53. The summed E-state index contributed by atoms with van der Waals surface area (Å²) in [5.74, 6) is 1.01. The molecule has 0 atom stereocenters. The molecule has 0 amide bonds. The van der Waals surface area contributed by atoms with E-state index < -0.39 is 24.0 Å². The molecular weight excluding hydrogens is 336 g/mol. The number of fused-ring (bicyclic) bond motifs is 1. The summed E-state index contributed by atoms with van der Waals surface area (Å²) in [6.45, 7) is 7.52. The fourth-order valence-electron chi connectivity index (χ4n) is 2.71. The quantitative estimate of drug-likeness (QED) is 0.766. The van der Waals surface area contributed by atoms with Crippen LogP contribution in [0.2, 0.25) is 0 Å². The highest BCUT2D eigenvalue weighted by molar-refractivity contribution is 6.54. The van der Waals surface area contributed by atoms with Crippen LogP contribution in [0.25, 0.3) is 17.0 Å². The number of rotatable bonds is 4. The molecule has 5 nitrogen and oxygen atoms in total. The van der Waals surface area contributed by atoms with Crippen LogP contribution in [0.1, 0.15) is 33.3 Å². The average molecular weight is 359 g/mol. The minimum atomic E-state index is -1.06. The van der Waals surface area contributed by atoms with E-state index in [-0.39, 0.29) is 0 Å².